The van der Waals surface area contributed by atoms with Gasteiger partial charge in [0.25, 0.3) is 5.91 Å². The summed E-state index contributed by atoms with van der Waals surface area (Å²) in [6.07, 6.45) is -0.649. The van der Waals surface area contributed by atoms with Gasteiger partial charge in [-0.05, 0) is 25.1 Å². The molecule has 94 valence electrons. The van der Waals surface area contributed by atoms with Crippen LogP contribution in [0.5, 0.6) is 0 Å². The number of amides is 1. The van der Waals surface area contributed by atoms with Crippen LogP contribution >= 0.6 is 31.9 Å². The topological polar surface area (TPSA) is 75.3 Å². The minimum atomic E-state index is -0.649. The summed E-state index contributed by atoms with van der Waals surface area (Å²) < 4.78 is 1.63. The molecule has 0 saturated heterocycles. The average molecular weight is 366 g/mol. The highest BCUT2D eigenvalue weighted by molar-refractivity contribution is 9.11. The van der Waals surface area contributed by atoms with E-state index in [-0.39, 0.29) is 12.5 Å². The van der Waals surface area contributed by atoms with Gasteiger partial charge in [-0.1, -0.05) is 31.9 Å². The maximum absolute atomic E-state index is 11.8. The normalized spacial score (nSPS) is 14.2. The van der Waals surface area contributed by atoms with E-state index < -0.39 is 12.1 Å². The number of hydrogen-bond acceptors (Lipinski definition) is 3. The molecular formula is C11H14Br2N2O2. The van der Waals surface area contributed by atoms with E-state index >= 15 is 0 Å². The molecule has 0 aliphatic heterocycles. The van der Waals surface area contributed by atoms with E-state index in [4.69, 9.17) is 5.73 Å². The molecule has 0 radical (unpaired) electrons. The van der Waals surface area contributed by atoms with Gasteiger partial charge in [0.1, 0.15) is 0 Å². The van der Waals surface area contributed by atoms with Gasteiger partial charge in [-0.25, -0.2) is 0 Å². The summed E-state index contributed by atoms with van der Waals surface area (Å²) >= 11 is 6.62. The number of carbonyl (C=O) groups is 1. The number of benzene rings is 1. The molecule has 17 heavy (non-hydrogen) atoms. The summed E-state index contributed by atoms with van der Waals surface area (Å²) in [5.74, 6) is -0.219. The second kappa shape index (κ2) is 6.49. The third-order valence-electron chi connectivity index (χ3n) is 2.24. The Balaban J connectivity index is 2.64. The number of nitrogens with one attached hydrogen (secondary N) is 1. The summed E-state index contributed by atoms with van der Waals surface area (Å²) in [5, 5.41) is 11.9. The molecule has 4 N–H and O–H groups in total. The molecule has 2 atom stereocenters. The number of nitrogens with two attached hydrogens (primary N) is 1. The zero-order chi connectivity index (χ0) is 13.0. The van der Waals surface area contributed by atoms with Crippen LogP contribution in [-0.2, 0) is 0 Å². The third kappa shape index (κ3) is 4.75. The number of hydrogen-bond donors (Lipinski definition) is 3. The summed E-state index contributed by atoms with van der Waals surface area (Å²) in [6, 6.07) is 4.81. The lowest BCUT2D eigenvalue weighted by atomic mass is 10.2. The predicted octanol–water partition coefficient (Wildman–Crippen LogP) is 1.65. The van der Waals surface area contributed by atoms with Gasteiger partial charge >= 0.3 is 0 Å². The van der Waals surface area contributed by atoms with Crippen LogP contribution < -0.4 is 11.1 Å². The molecular weight excluding hydrogens is 352 g/mol. The van der Waals surface area contributed by atoms with Gasteiger partial charge in [0.15, 0.2) is 0 Å². The Morgan fingerprint density at radius 2 is 1.94 bits per heavy atom. The lowest BCUT2D eigenvalue weighted by Gasteiger charge is -2.15. The molecule has 1 amide bonds. The van der Waals surface area contributed by atoms with E-state index in [0.29, 0.717) is 5.56 Å². The Kier molecular flexibility index (Phi) is 5.58. The number of halogens is 2. The highest BCUT2D eigenvalue weighted by Crippen LogP contribution is 2.19. The second-order valence-corrected chi connectivity index (χ2v) is 5.60. The fourth-order valence-corrected chi connectivity index (χ4v) is 2.46. The van der Waals surface area contributed by atoms with E-state index in [2.05, 4.69) is 37.2 Å². The summed E-state index contributed by atoms with van der Waals surface area (Å²) in [4.78, 5) is 11.8. The van der Waals surface area contributed by atoms with E-state index in [9.17, 15) is 9.90 Å². The first-order valence-corrected chi connectivity index (χ1v) is 6.66. The molecule has 1 rings (SSSR count). The highest BCUT2D eigenvalue weighted by atomic mass is 79.9. The van der Waals surface area contributed by atoms with Crippen LogP contribution in [0.25, 0.3) is 0 Å². The molecule has 0 aliphatic rings. The summed E-state index contributed by atoms with van der Waals surface area (Å²) in [5.41, 5.74) is 6.15. The molecule has 4 nitrogen and oxygen atoms in total. The minimum absolute atomic E-state index is 0.219. The van der Waals surface area contributed by atoms with Crippen molar-refractivity contribution in [3.63, 3.8) is 0 Å². The van der Waals surface area contributed by atoms with Crippen LogP contribution in [0.4, 0.5) is 0 Å². The van der Waals surface area contributed by atoms with Crippen molar-refractivity contribution in [2.75, 3.05) is 6.54 Å². The molecule has 1 aromatic carbocycles. The van der Waals surface area contributed by atoms with Gasteiger partial charge in [-0.2, -0.15) is 0 Å². The van der Waals surface area contributed by atoms with Crippen molar-refractivity contribution in [2.45, 2.75) is 19.1 Å². The monoisotopic (exact) mass is 364 g/mol. The first-order valence-electron chi connectivity index (χ1n) is 5.08. The molecule has 0 bridgehead atoms. The zero-order valence-electron chi connectivity index (χ0n) is 9.28. The Morgan fingerprint density at radius 1 is 1.41 bits per heavy atom. The van der Waals surface area contributed by atoms with Crippen molar-refractivity contribution in [2.24, 2.45) is 5.73 Å². The molecule has 0 aliphatic carbocycles. The number of carbonyl (C=O) groups excluding carboxylic acids is 1. The van der Waals surface area contributed by atoms with Gasteiger partial charge < -0.3 is 16.2 Å². The van der Waals surface area contributed by atoms with Crippen LogP contribution in [-0.4, -0.2) is 29.7 Å². The highest BCUT2D eigenvalue weighted by Gasteiger charge is 2.12. The first-order chi connectivity index (χ1) is 7.90. The van der Waals surface area contributed by atoms with Gasteiger partial charge in [0.2, 0.25) is 0 Å². The maximum Gasteiger partial charge on any atom is 0.251 e. The van der Waals surface area contributed by atoms with Crippen LogP contribution in [0, 0.1) is 0 Å². The van der Waals surface area contributed by atoms with Gasteiger partial charge in [-0.3, -0.25) is 4.79 Å². The van der Waals surface area contributed by atoms with E-state index in [1.165, 1.54) is 0 Å². The average Bonchev–Trinajstić information content (AvgIpc) is 2.23. The fourth-order valence-electron chi connectivity index (χ4n) is 1.17. The van der Waals surface area contributed by atoms with Gasteiger partial charge in [-0.15, -0.1) is 0 Å². The molecule has 0 heterocycles. The fraction of sp³-hybridized carbons (Fsp3) is 0.364. The van der Waals surface area contributed by atoms with Gasteiger partial charge in [0, 0.05) is 27.1 Å². The largest absolute Gasteiger partial charge is 0.392 e. The number of aliphatic hydroxyl groups is 1. The van der Waals surface area contributed by atoms with Gasteiger partial charge in [0.05, 0.1) is 6.10 Å². The maximum atomic E-state index is 11.8. The van der Waals surface area contributed by atoms with Crippen molar-refractivity contribution in [1.29, 1.82) is 0 Å². The SMILES string of the molecule is CC(O)C(N)CNC(=O)c1cc(Br)cc(Br)c1. The van der Waals surface area contributed by atoms with Crippen LogP contribution in [0.2, 0.25) is 0 Å². The number of rotatable bonds is 4. The Labute approximate surface area is 117 Å². The first kappa shape index (κ1) is 14.6. The minimum Gasteiger partial charge on any atom is -0.392 e. The molecule has 0 fully saturated rings. The summed E-state index contributed by atoms with van der Waals surface area (Å²) in [7, 11) is 0. The molecule has 0 saturated carbocycles. The standard InChI is InChI=1S/C11H14Br2N2O2/c1-6(16)10(14)5-15-11(17)7-2-8(12)4-9(13)3-7/h2-4,6,10,16H,5,14H2,1H3,(H,15,17). The van der Waals surface area contributed by atoms with Crippen molar-refractivity contribution < 1.29 is 9.90 Å². The Hall–Kier alpha value is -0.430. The molecule has 2 unspecified atom stereocenters. The van der Waals surface area contributed by atoms with Crippen LogP contribution in [0.1, 0.15) is 17.3 Å². The third-order valence-corrected chi connectivity index (χ3v) is 3.16. The lowest BCUT2D eigenvalue weighted by Crippen LogP contribution is -2.43. The zero-order valence-corrected chi connectivity index (χ0v) is 12.5. The van der Waals surface area contributed by atoms with E-state index in [0.717, 1.165) is 8.95 Å². The van der Waals surface area contributed by atoms with E-state index in [1.54, 1.807) is 19.1 Å². The Bertz CT molecular complexity index is 390. The predicted molar refractivity (Wildman–Crippen MR) is 73.8 cm³/mol. The quantitative estimate of drug-likeness (QED) is 0.759. The van der Waals surface area contributed by atoms with E-state index in [1.807, 2.05) is 6.07 Å². The smallest absolute Gasteiger partial charge is 0.251 e. The van der Waals surface area contributed by atoms with Crippen molar-refractivity contribution in [3.05, 3.63) is 32.7 Å². The van der Waals surface area contributed by atoms with Crippen molar-refractivity contribution in [3.8, 4) is 0 Å². The molecule has 0 aromatic heterocycles. The summed E-state index contributed by atoms with van der Waals surface area (Å²) in [6.45, 7) is 1.83. The van der Waals surface area contributed by atoms with Crippen molar-refractivity contribution in [1.82, 2.24) is 5.32 Å². The number of aliphatic hydroxyl groups excluding tert-OH is 1. The van der Waals surface area contributed by atoms with Crippen LogP contribution in [0.15, 0.2) is 27.1 Å². The molecule has 0 spiro atoms. The Morgan fingerprint density at radius 3 is 2.41 bits per heavy atom. The second-order valence-electron chi connectivity index (χ2n) is 3.77. The van der Waals surface area contributed by atoms with Crippen molar-refractivity contribution >= 4 is 37.8 Å². The molecule has 6 heteroatoms. The molecule has 1 aromatic rings. The van der Waals surface area contributed by atoms with Crippen LogP contribution in [0.3, 0.4) is 0 Å². The lowest BCUT2D eigenvalue weighted by molar-refractivity contribution is 0.0937.